The normalized spacial score (nSPS) is 11.6. The molecule has 0 bridgehead atoms. The summed E-state index contributed by atoms with van der Waals surface area (Å²) in [6.07, 6.45) is 1.18. The molecule has 1 heterocycles. The van der Waals surface area contributed by atoms with Gasteiger partial charge in [-0.15, -0.1) is 0 Å². The van der Waals surface area contributed by atoms with Crippen molar-refractivity contribution in [3.8, 4) is 0 Å². The number of rotatable bonds is 6. The number of amides is 1. The van der Waals surface area contributed by atoms with Crippen LogP contribution in [0.3, 0.4) is 0 Å². The van der Waals surface area contributed by atoms with Crippen molar-refractivity contribution < 1.29 is 17.6 Å². The minimum absolute atomic E-state index is 0.217. The van der Waals surface area contributed by atoms with Gasteiger partial charge in [-0.2, -0.15) is 0 Å². The van der Waals surface area contributed by atoms with Crippen LogP contribution < -0.4 is 9.62 Å². The summed E-state index contributed by atoms with van der Waals surface area (Å²) in [5.74, 6) is -0.295. The van der Waals surface area contributed by atoms with Crippen LogP contribution in [0.2, 0.25) is 0 Å². The third kappa shape index (κ3) is 4.63. The monoisotopic (exact) mass is 484 g/mol. The lowest BCUT2D eigenvalue weighted by molar-refractivity contribution is 0.102. The van der Waals surface area contributed by atoms with Gasteiger partial charge in [0.05, 0.1) is 18.5 Å². The Morgan fingerprint density at radius 3 is 2.29 bits per heavy atom. The fourth-order valence-corrected chi connectivity index (χ4v) is 5.01. The molecule has 0 aliphatic heterocycles. The van der Waals surface area contributed by atoms with Crippen molar-refractivity contribution in [3.05, 3.63) is 108 Å². The molecule has 0 atom stereocenters. The zero-order chi connectivity index (χ0) is 24.6. The van der Waals surface area contributed by atoms with E-state index in [4.69, 9.17) is 4.42 Å². The minimum atomic E-state index is -3.52. The number of hydrogen-bond acceptors (Lipinski definition) is 4. The topological polar surface area (TPSA) is 79.6 Å². The summed E-state index contributed by atoms with van der Waals surface area (Å²) in [5, 5.41) is 4.90. The lowest BCUT2D eigenvalue weighted by Gasteiger charge is -2.23. The fourth-order valence-electron chi connectivity index (χ4n) is 4.13. The van der Waals surface area contributed by atoms with Crippen molar-refractivity contribution in [1.29, 1.82) is 0 Å². The van der Waals surface area contributed by atoms with Gasteiger partial charge in [0.2, 0.25) is 10.0 Å². The van der Waals surface area contributed by atoms with Crippen molar-refractivity contribution >= 4 is 49.2 Å². The van der Waals surface area contributed by atoms with E-state index in [1.807, 2.05) is 67.6 Å². The van der Waals surface area contributed by atoms with Gasteiger partial charge in [-0.25, -0.2) is 8.42 Å². The maximum Gasteiger partial charge on any atom is 0.255 e. The number of carbonyl (C=O) groups excluding carboxylic acids is 1. The van der Waals surface area contributed by atoms with Gasteiger partial charge in [0, 0.05) is 28.1 Å². The molecular formula is C28H24N2O4S. The average molecular weight is 485 g/mol. The van der Waals surface area contributed by atoms with E-state index in [0.717, 1.165) is 27.5 Å². The van der Waals surface area contributed by atoms with Crippen LogP contribution in [-0.2, 0) is 16.6 Å². The van der Waals surface area contributed by atoms with E-state index in [0.29, 0.717) is 22.5 Å². The average Bonchev–Trinajstić information content (AvgIpc) is 3.20. The van der Waals surface area contributed by atoms with Crippen molar-refractivity contribution in [2.75, 3.05) is 15.9 Å². The van der Waals surface area contributed by atoms with E-state index in [1.54, 1.807) is 30.3 Å². The van der Waals surface area contributed by atoms with Crippen LogP contribution in [0.1, 0.15) is 21.5 Å². The van der Waals surface area contributed by atoms with Crippen molar-refractivity contribution in [3.63, 3.8) is 0 Å². The number of aryl methyl sites for hydroxylation is 1. The summed E-state index contributed by atoms with van der Waals surface area (Å²) in [4.78, 5) is 12.9. The highest BCUT2D eigenvalue weighted by Crippen LogP contribution is 2.30. The second kappa shape index (κ2) is 8.92. The maximum absolute atomic E-state index is 12.9. The Morgan fingerprint density at radius 2 is 1.54 bits per heavy atom. The molecule has 0 fully saturated rings. The van der Waals surface area contributed by atoms with Gasteiger partial charge in [-0.05, 0) is 60.5 Å². The Kier molecular flexibility index (Phi) is 5.78. The predicted molar refractivity (Wildman–Crippen MR) is 140 cm³/mol. The molecule has 7 heteroatoms. The highest BCUT2D eigenvalue weighted by molar-refractivity contribution is 7.92. The second-order valence-corrected chi connectivity index (χ2v) is 10.4. The molecule has 1 aromatic heterocycles. The van der Waals surface area contributed by atoms with Crippen LogP contribution in [0.25, 0.3) is 21.9 Å². The van der Waals surface area contributed by atoms with Gasteiger partial charge >= 0.3 is 0 Å². The molecule has 1 amide bonds. The van der Waals surface area contributed by atoms with E-state index >= 15 is 0 Å². The Bertz CT molecular complexity index is 1650. The SMILES string of the molecule is Cc1ccccc1CN(c1ccc(C(=O)Nc2ccc3c(c2)oc2ccccc23)cc1)S(C)(=O)=O. The summed E-state index contributed by atoms with van der Waals surface area (Å²) in [7, 11) is -3.52. The number of carbonyl (C=O) groups is 1. The first-order chi connectivity index (χ1) is 16.8. The zero-order valence-electron chi connectivity index (χ0n) is 19.4. The smallest absolute Gasteiger partial charge is 0.255 e. The molecule has 0 aliphatic rings. The number of para-hydroxylation sites is 1. The van der Waals surface area contributed by atoms with E-state index in [9.17, 15) is 13.2 Å². The number of fused-ring (bicyclic) bond motifs is 3. The number of nitrogens with zero attached hydrogens (tertiary/aromatic N) is 1. The zero-order valence-corrected chi connectivity index (χ0v) is 20.2. The highest BCUT2D eigenvalue weighted by Gasteiger charge is 2.19. The van der Waals surface area contributed by atoms with Crippen LogP contribution >= 0.6 is 0 Å². The van der Waals surface area contributed by atoms with Gasteiger partial charge in [0.1, 0.15) is 11.2 Å². The highest BCUT2D eigenvalue weighted by atomic mass is 32.2. The molecule has 0 aliphatic carbocycles. The first-order valence-corrected chi connectivity index (χ1v) is 13.0. The van der Waals surface area contributed by atoms with Crippen LogP contribution in [0.5, 0.6) is 0 Å². The van der Waals surface area contributed by atoms with Crippen molar-refractivity contribution in [2.45, 2.75) is 13.5 Å². The second-order valence-electron chi connectivity index (χ2n) is 8.51. The predicted octanol–water partition coefficient (Wildman–Crippen LogP) is 6.11. The minimum Gasteiger partial charge on any atom is -0.456 e. The maximum atomic E-state index is 12.9. The van der Waals surface area contributed by atoms with Gasteiger partial charge in [-0.1, -0.05) is 42.5 Å². The number of furan rings is 1. The molecule has 0 saturated heterocycles. The lowest BCUT2D eigenvalue weighted by atomic mass is 10.1. The molecule has 0 radical (unpaired) electrons. The first-order valence-electron chi connectivity index (χ1n) is 11.1. The third-order valence-electron chi connectivity index (χ3n) is 6.03. The van der Waals surface area contributed by atoms with Crippen molar-refractivity contribution in [2.24, 2.45) is 0 Å². The molecule has 0 unspecified atom stereocenters. The summed E-state index contributed by atoms with van der Waals surface area (Å²) >= 11 is 0. The third-order valence-corrected chi connectivity index (χ3v) is 7.17. The van der Waals surface area contributed by atoms with Crippen LogP contribution in [0.4, 0.5) is 11.4 Å². The quantitative estimate of drug-likeness (QED) is 0.315. The molecular weight excluding hydrogens is 460 g/mol. The molecule has 0 saturated carbocycles. The molecule has 6 nitrogen and oxygen atoms in total. The Balaban J connectivity index is 1.36. The molecule has 35 heavy (non-hydrogen) atoms. The van der Waals surface area contributed by atoms with E-state index in [1.165, 1.54) is 10.6 Å². The van der Waals surface area contributed by atoms with E-state index in [-0.39, 0.29) is 12.5 Å². The molecule has 5 aromatic rings. The molecule has 4 aromatic carbocycles. The van der Waals surface area contributed by atoms with Gasteiger partial charge in [-0.3, -0.25) is 9.10 Å². The number of anilines is 2. The fraction of sp³-hybridized carbons (Fsp3) is 0.107. The van der Waals surface area contributed by atoms with Gasteiger partial charge in [0.25, 0.3) is 5.91 Å². The summed E-state index contributed by atoms with van der Waals surface area (Å²) in [5.41, 5.74) is 4.95. The lowest BCUT2D eigenvalue weighted by Crippen LogP contribution is -2.29. The van der Waals surface area contributed by atoms with Crippen LogP contribution in [0.15, 0.2) is 95.4 Å². The number of nitrogens with one attached hydrogen (secondary N) is 1. The number of benzene rings is 4. The largest absolute Gasteiger partial charge is 0.456 e. The van der Waals surface area contributed by atoms with Crippen LogP contribution in [-0.4, -0.2) is 20.6 Å². The molecule has 5 rings (SSSR count). The van der Waals surface area contributed by atoms with Crippen molar-refractivity contribution in [1.82, 2.24) is 0 Å². The van der Waals surface area contributed by atoms with E-state index < -0.39 is 10.0 Å². The number of sulfonamides is 1. The van der Waals surface area contributed by atoms with Crippen LogP contribution in [0, 0.1) is 6.92 Å². The summed E-state index contributed by atoms with van der Waals surface area (Å²) < 4.78 is 32.3. The standard InChI is InChI=1S/C28H24N2O4S/c1-19-7-3-4-8-21(19)18-30(35(2,32)33)23-14-11-20(12-15-23)28(31)29-22-13-16-25-24-9-5-6-10-26(24)34-27(25)17-22/h3-17H,18H2,1-2H3,(H,29,31). The summed E-state index contributed by atoms with van der Waals surface area (Å²) in [6, 6.07) is 27.6. The first kappa shape index (κ1) is 22.7. The Labute approximate surface area is 203 Å². The van der Waals surface area contributed by atoms with E-state index in [2.05, 4.69) is 5.32 Å². The molecule has 176 valence electrons. The summed E-state index contributed by atoms with van der Waals surface area (Å²) in [6.45, 7) is 2.17. The van der Waals surface area contributed by atoms with Gasteiger partial charge < -0.3 is 9.73 Å². The Hall–Kier alpha value is -4.10. The van der Waals surface area contributed by atoms with Gasteiger partial charge in [0.15, 0.2) is 0 Å². The molecule has 1 N–H and O–H groups in total. The number of hydrogen-bond donors (Lipinski definition) is 1. The Morgan fingerprint density at radius 1 is 0.857 bits per heavy atom. The molecule has 0 spiro atoms.